The molecular weight excluding hydrogens is 366 g/mol. The molecule has 0 bridgehead atoms. The van der Waals surface area contributed by atoms with Crippen molar-refractivity contribution in [3.63, 3.8) is 0 Å². The van der Waals surface area contributed by atoms with Crippen LogP contribution in [0.4, 0.5) is 17.6 Å². The van der Waals surface area contributed by atoms with Crippen LogP contribution in [0.5, 0.6) is 0 Å². The third-order valence-electron chi connectivity index (χ3n) is 3.16. The van der Waals surface area contributed by atoms with Crippen LogP contribution in [-0.2, 0) is 12.6 Å². The van der Waals surface area contributed by atoms with E-state index in [-0.39, 0.29) is 12.0 Å². The second kappa shape index (κ2) is 9.92. The number of hydrogen-bond acceptors (Lipinski definition) is 1. The Kier molecular flexibility index (Phi) is 8.26. The van der Waals surface area contributed by atoms with E-state index in [2.05, 4.69) is 18.1 Å². The predicted molar refractivity (Wildman–Crippen MR) is 97.6 cm³/mol. The first-order valence-corrected chi connectivity index (χ1v) is 7.92. The van der Waals surface area contributed by atoms with Gasteiger partial charge in [-0.2, -0.15) is 13.2 Å². The van der Waals surface area contributed by atoms with Crippen LogP contribution in [0.15, 0.2) is 73.5 Å². The van der Waals surface area contributed by atoms with Gasteiger partial charge >= 0.3 is 6.18 Å². The Hall–Kier alpha value is -2.40. The van der Waals surface area contributed by atoms with Crippen molar-refractivity contribution in [2.45, 2.75) is 19.5 Å². The molecule has 0 aliphatic heterocycles. The van der Waals surface area contributed by atoms with Crippen LogP contribution in [0.2, 0.25) is 5.02 Å². The molecule has 0 N–H and O–H groups in total. The molecule has 1 aromatic carbocycles. The van der Waals surface area contributed by atoms with Crippen LogP contribution in [0, 0.1) is 5.82 Å². The largest absolute Gasteiger partial charge is 0.416 e. The maximum absolute atomic E-state index is 13.2. The van der Waals surface area contributed by atoms with Crippen molar-refractivity contribution in [3.05, 3.63) is 101 Å². The lowest BCUT2D eigenvalue weighted by Crippen LogP contribution is -2.06. The molecule has 2 aromatic rings. The zero-order valence-corrected chi connectivity index (χ0v) is 14.9. The number of aromatic nitrogens is 1. The predicted octanol–water partition coefficient (Wildman–Crippen LogP) is 6.79. The Morgan fingerprint density at radius 3 is 2.35 bits per heavy atom. The Balaban J connectivity index is 0.000000412. The lowest BCUT2D eigenvalue weighted by atomic mass is 10.1. The summed E-state index contributed by atoms with van der Waals surface area (Å²) in [6.07, 6.45) is 2.38. The molecule has 1 heterocycles. The standard InChI is InChI=1S/C13H8ClF4N.C7H10/c14-10-1-2-12(19-7-10)5-8-3-9(13(16,17)18)6-11(15)4-8;1-4-6-7(3)5-2/h1-4,6-7H,5H2;4-6H,1-2H2,3H3/b;7-6-. The van der Waals surface area contributed by atoms with Gasteiger partial charge in [0.15, 0.2) is 0 Å². The van der Waals surface area contributed by atoms with Gasteiger partial charge in [0, 0.05) is 18.3 Å². The molecule has 0 aliphatic rings. The summed E-state index contributed by atoms with van der Waals surface area (Å²) in [6.45, 7) is 9.07. The van der Waals surface area contributed by atoms with E-state index >= 15 is 0 Å². The van der Waals surface area contributed by atoms with Gasteiger partial charge in [-0.15, -0.1) is 0 Å². The molecule has 0 aliphatic carbocycles. The molecule has 0 spiro atoms. The summed E-state index contributed by atoms with van der Waals surface area (Å²) in [4.78, 5) is 3.96. The fraction of sp³-hybridized carbons (Fsp3) is 0.150. The first-order chi connectivity index (χ1) is 12.2. The molecule has 2 rings (SSSR count). The second-order valence-corrected chi connectivity index (χ2v) is 5.78. The summed E-state index contributed by atoms with van der Waals surface area (Å²) in [5, 5.41) is 0.430. The summed E-state index contributed by atoms with van der Waals surface area (Å²) >= 11 is 5.65. The van der Waals surface area contributed by atoms with Crippen molar-refractivity contribution < 1.29 is 17.6 Å². The summed E-state index contributed by atoms with van der Waals surface area (Å²) in [5.74, 6) is -0.918. The first-order valence-electron chi connectivity index (χ1n) is 7.54. The smallest absolute Gasteiger partial charge is 0.259 e. The third kappa shape index (κ3) is 7.66. The minimum atomic E-state index is -4.57. The lowest BCUT2D eigenvalue weighted by molar-refractivity contribution is -0.137. The lowest BCUT2D eigenvalue weighted by Gasteiger charge is -2.09. The van der Waals surface area contributed by atoms with Gasteiger partial charge in [0.2, 0.25) is 0 Å². The molecule has 1 aromatic heterocycles. The molecule has 0 fully saturated rings. The number of allylic oxidation sites excluding steroid dienone is 4. The highest BCUT2D eigenvalue weighted by Crippen LogP contribution is 2.30. The average molecular weight is 384 g/mol. The average Bonchev–Trinajstić information content (AvgIpc) is 2.56. The zero-order valence-electron chi connectivity index (χ0n) is 14.2. The van der Waals surface area contributed by atoms with Crippen molar-refractivity contribution in [1.29, 1.82) is 0 Å². The SMILES string of the molecule is C=C/C=C(/C)C=C.Fc1cc(Cc2ccc(Cl)cn2)cc(C(F)(F)F)c1. The minimum absolute atomic E-state index is 0.109. The van der Waals surface area contributed by atoms with Gasteiger partial charge in [0.25, 0.3) is 0 Å². The van der Waals surface area contributed by atoms with Crippen molar-refractivity contribution in [2.75, 3.05) is 0 Å². The van der Waals surface area contributed by atoms with Gasteiger partial charge in [0.05, 0.1) is 10.6 Å². The number of halogens is 5. The fourth-order valence-corrected chi connectivity index (χ4v) is 2.00. The molecule has 0 unspecified atom stereocenters. The van der Waals surface area contributed by atoms with Gasteiger partial charge in [-0.05, 0) is 42.8 Å². The van der Waals surface area contributed by atoms with E-state index in [1.165, 1.54) is 6.20 Å². The molecule has 0 amide bonds. The summed E-state index contributed by atoms with van der Waals surface area (Å²) in [5.41, 5.74) is 0.872. The molecule has 0 saturated carbocycles. The first kappa shape index (κ1) is 21.6. The van der Waals surface area contributed by atoms with E-state index in [9.17, 15) is 17.6 Å². The maximum Gasteiger partial charge on any atom is 0.416 e. The van der Waals surface area contributed by atoms with Gasteiger partial charge < -0.3 is 0 Å². The highest BCUT2D eigenvalue weighted by atomic mass is 35.5. The van der Waals surface area contributed by atoms with E-state index in [1.807, 2.05) is 13.0 Å². The Bertz CT molecular complexity index is 777. The van der Waals surface area contributed by atoms with E-state index in [0.717, 1.165) is 17.7 Å². The van der Waals surface area contributed by atoms with Crippen molar-refractivity contribution >= 4 is 11.6 Å². The Morgan fingerprint density at radius 1 is 1.19 bits per heavy atom. The zero-order chi connectivity index (χ0) is 19.7. The molecule has 1 nitrogen and oxygen atoms in total. The van der Waals surface area contributed by atoms with Crippen LogP contribution in [0.3, 0.4) is 0 Å². The van der Waals surface area contributed by atoms with E-state index in [1.54, 1.807) is 24.3 Å². The molecular formula is C20H18ClF4N. The van der Waals surface area contributed by atoms with Crippen LogP contribution in [0.1, 0.15) is 23.7 Å². The quantitative estimate of drug-likeness (QED) is 0.418. The fourth-order valence-electron chi connectivity index (χ4n) is 1.89. The van der Waals surface area contributed by atoms with E-state index < -0.39 is 17.6 Å². The van der Waals surface area contributed by atoms with Gasteiger partial charge in [-0.3, -0.25) is 4.98 Å². The number of pyridine rings is 1. The second-order valence-electron chi connectivity index (χ2n) is 5.34. The normalized spacial score (nSPS) is 11.4. The topological polar surface area (TPSA) is 12.9 Å². The summed E-state index contributed by atoms with van der Waals surface area (Å²) in [7, 11) is 0. The third-order valence-corrected chi connectivity index (χ3v) is 3.39. The molecule has 0 saturated heterocycles. The van der Waals surface area contributed by atoms with E-state index in [0.29, 0.717) is 16.8 Å². The van der Waals surface area contributed by atoms with Crippen molar-refractivity contribution in [3.8, 4) is 0 Å². The van der Waals surface area contributed by atoms with Crippen LogP contribution >= 0.6 is 11.6 Å². The number of nitrogens with zero attached hydrogens (tertiary/aromatic N) is 1. The number of benzene rings is 1. The highest BCUT2D eigenvalue weighted by Gasteiger charge is 2.31. The minimum Gasteiger partial charge on any atom is -0.259 e. The van der Waals surface area contributed by atoms with Crippen molar-refractivity contribution in [2.24, 2.45) is 0 Å². The summed E-state index contributed by atoms with van der Waals surface area (Å²) in [6, 6.07) is 5.61. The molecule has 0 radical (unpaired) electrons. The van der Waals surface area contributed by atoms with Gasteiger partial charge in [-0.1, -0.05) is 48.6 Å². The number of alkyl halides is 3. The molecule has 138 valence electrons. The Morgan fingerprint density at radius 2 is 1.88 bits per heavy atom. The van der Waals surface area contributed by atoms with E-state index in [4.69, 9.17) is 11.6 Å². The monoisotopic (exact) mass is 383 g/mol. The molecule has 6 heteroatoms. The van der Waals surface area contributed by atoms with Crippen LogP contribution in [0.25, 0.3) is 0 Å². The van der Waals surface area contributed by atoms with Crippen molar-refractivity contribution in [1.82, 2.24) is 4.98 Å². The molecule has 26 heavy (non-hydrogen) atoms. The van der Waals surface area contributed by atoms with Gasteiger partial charge in [0.1, 0.15) is 5.82 Å². The maximum atomic E-state index is 13.2. The number of hydrogen-bond donors (Lipinski definition) is 0. The Labute approximate surface area is 155 Å². The van der Waals surface area contributed by atoms with Crippen LogP contribution in [-0.4, -0.2) is 4.98 Å². The summed E-state index contributed by atoms with van der Waals surface area (Å²) < 4.78 is 50.8. The highest BCUT2D eigenvalue weighted by molar-refractivity contribution is 6.30. The number of rotatable bonds is 4. The van der Waals surface area contributed by atoms with Crippen LogP contribution < -0.4 is 0 Å². The molecule has 0 atom stereocenters. The van der Waals surface area contributed by atoms with Gasteiger partial charge in [-0.25, -0.2) is 4.39 Å².